The van der Waals surface area contributed by atoms with Crippen LogP contribution in [0.5, 0.6) is 0 Å². The van der Waals surface area contributed by atoms with Crippen LogP contribution in [0.25, 0.3) is 0 Å². The van der Waals surface area contributed by atoms with Crippen molar-refractivity contribution in [1.82, 2.24) is 0 Å². The van der Waals surface area contributed by atoms with Gasteiger partial charge in [-0.25, -0.2) is 0 Å². The summed E-state index contributed by atoms with van der Waals surface area (Å²) in [6, 6.07) is -0.516. The molecule has 4 nitrogen and oxygen atoms in total. The van der Waals surface area contributed by atoms with E-state index in [0.717, 1.165) is 0 Å². The Bertz CT molecular complexity index is 258. The topological polar surface area (TPSA) is 46.1 Å². The number of amides is 2. The molecule has 0 fully saturated rings. The SMILES string of the molecule is CC(C)(C)[N+]1=CC=[N+]([O-])C1=O. The van der Waals surface area contributed by atoms with Gasteiger partial charge in [0.25, 0.3) is 6.21 Å². The minimum atomic E-state index is -0.516. The van der Waals surface area contributed by atoms with Crippen molar-refractivity contribution in [2.45, 2.75) is 26.3 Å². The lowest BCUT2D eigenvalue weighted by Crippen LogP contribution is -2.37. The molecule has 0 bridgehead atoms. The molecule has 0 aromatic rings. The average molecular weight is 155 g/mol. The van der Waals surface area contributed by atoms with Gasteiger partial charge in [-0.15, -0.1) is 0 Å². The van der Waals surface area contributed by atoms with E-state index in [4.69, 9.17) is 0 Å². The van der Waals surface area contributed by atoms with Gasteiger partial charge in [-0.3, -0.25) is 0 Å². The molecule has 1 aliphatic heterocycles. The number of hydrogen-bond donors (Lipinski definition) is 0. The van der Waals surface area contributed by atoms with Gasteiger partial charge in [0.05, 0.1) is 0 Å². The fourth-order valence-electron chi connectivity index (χ4n) is 0.871. The predicted molar refractivity (Wildman–Crippen MR) is 41.2 cm³/mol. The van der Waals surface area contributed by atoms with Gasteiger partial charge in [0, 0.05) is 20.8 Å². The number of nitrogens with zero attached hydrogens (tertiary/aromatic N) is 2. The van der Waals surface area contributed by atoms with Crippen LogP contribution in [0, 0.1) is 5.21 Å². The summed E-state index contributed by atoms with van der Waals surface area (Å²) in [6.07, 6.45) is 2.71. The molecule has 0 unspecified atom stereocenters. The van der Waals surface area contributed by atoms with Gasteiger partial charge in [-0.05, 0) is 0 Å². The third-order valence-corrected chi connectivity index (χ3v) is 1.47. The molecule has 0 aromatic heterocycles. The Morgan fingerprint density at radius 3 is 2.09 bits per heavy atom. The van der Waals surface area contributed by atoms with E-state index in [9.17, 15) is 10.0 Å². The highest BCUT2D eigenvalue weighted by atomic mass is 16.5. The number of hydrogen-bond acceptors (Lipinski definition) is 2. The molecule has 0 spiro atoms. The first-order valence-corrected chi connectivity index (χ1v) is 3.41. The van der Waals surface area contributed by atoms with Gasteiger partial charge in [-0.1, -0.05) is 9.31 Å². The molecule has 0 N–H and O–H groups in total. The zero-order valence-electron chi connectivity index (χ0n) is 6.87. The Labute approximate surface area is 65.0 Å². The molecule has 60 valence electrons. The Morgan fingerprint density at radius 1 is 1.36 bits per heavy atom. The van der Waals surface area contributed by atoms with Crippen LogP contribution in [0.2, 0.25) is 0 Å². The van der Waals surface area contributed by atoms with E-state index in [-0.39, 0.29) is 5.54 Å². The van der Waals surface area contributed by atoms with Gasteiger partial charge in [0.2, 0.25) is 6.21 Å². The molecule has 0 aromatic carbocycles. The summed E-state index contributed by atoms with van der Waals surface area (Å²) in [4.78, 5) is 11.0. The number of hydroxylamine groups is 1. The predicted octanol–water partition coefficient (Wildman–Crippen LogP) is 0.583. The standard InChI is InChI=1S/C7H11N2O2/c1-7(2,3)8-4-5-9(11)6(8)10/h4-5H,1-3H3/q+1. The second kappa shape index (κ2) is 2.15. The third kappa shape index (κ3) is 1.29. The molecular formula is C7H11N2O2+. The highest BCUT2D eigenvalue weighted by Crippen LogP contribution is 2.08. The van der Waals surface area contributed by atoms with Gasteiger partial charge in [-0.2, -0.15) is 4.79 Å². The van der Waals surface area contributed by atoms with Crippen LogP contribution in [0.1, 0.15) is 20.8 Å². The zero-order valence-corrected chi connectivity index (χ0v) is 6.87. The Kier molecular flexibility index (Phi) is 1.55. The zero-order chi connectivity index (χ0) is 8.65. The smallest absolute Gasteiger partial charge is 0.611 e. The molecule has 11 heavy (non-hydrogen) atoms. The highest BCUT2D eigenvalue weighted by molar-refractivity contribution is 6.15. The molecule has 4 heteroatoms. The van der Waals surface area contributed by atoms with Crippen molar-refractivity contribution in [2.75, 3.05) is 0 Å². The van der Waals surface area contributed by atoms with Crippen LogP contribution in [0.3, 0.4) is 0 Å². The number of rotatable bonds is 0. The molecule has 1 rings (SSSR count). The van der Waals surface area contributed by atoms with Gasteiger partial charge in [0.15, 0.2) is 5.54 Å². The molecule has 0 aliphatic carbocycles. The Balaban J connectivity index is 2.92. The summed E-state index contributed by atoms with van der Waals surface area (Å²) in [7, 11) is 0. The van der Waals surface area contributed by atoms with Crippen LogP contribution >= 0.6 is 0 Å². The van der Waals surface area contributed by atoms with Crippen LogP contribution in [0.15, 0.2) is 0 Å². The summed E-state index contributed by atoms with van der Waals surface area (Å²) in [6.45, 7) is 5.61. The molecule has 2 amide bonds. The minimum absolute atomic E-state index is 0.313. The van der Waals surface area contributed by atoms with Gasteiger partial charge in [0.1, 0.15) is 0 Å². The molecule has 0 radical (unpaired) electrons. The maximum atomic E-state index is 11.0. The summed E-state index contributed by atoms with van der Waals surface area (Å²) in [5, 5.41) is 10.7. The first-order chi connectivity index (χ1) is 4.93. The lowest BCUT2D eigenvalue weighted by Gasteiger charge is -2.09. The second-order valence-corrected chi connectivity index (χ2v) is 3.45. The molecular weight excluding hydrogens is 144 g/mol. The van der Waals surface area contributed by atoms with Crippen LogP contribution in [-0.4, -0.2) is 33.3 Å². The van der Waals surface area contributed by atoms with Gasteiger partial charge >= 0.3 is 6.03 Å². The molecule has 0 atom stereocenters. The first-order valence-electron chi connectivity index (χ1n) is 3.41. The number of carbonyl (C=O) groups excluding carboxylic acids is 1. The van der Waals surface area contributed by atoms with E-state index in [1.54, 1.807) is 0 Å². The van der Waals surface area contributed by atoms with E-state index in [0.29, 0.717) is 4.74 Å². The fraction of sp³-hybridized carbons (Fsp3) is 0.571. The monoisotopic (exact) mass is 155 g/mol. The van der Waals surface area contributed by atoms with E-state index >= 15 is 0 Å². The van der Waals surface area contributed by atoms with Crippen LogP contribution < -0.4 is 0 Å². The Hall–Kier alpha value is -1.19. The normalized spacial score (nSPS) is 18.3. The summed E-state index contributed by atoms with van der Waals surface area (Å²) < 4.78 is 1.73. The van der Waals surface area contributed by atoms with Crippen molar-refractivity contribution in [3.05, 3.63) is 5.21 Å². The van der Waals surface area contributed by atoms with Crippen LogP contribution in [-0.2, 0) is 0 Å². The summed E-state index contributed by atoms with van der Waals surface area (Å²) in [5.74, 6) is 0. The largest absolute Gasteiger partial charge is 0.684 e. The lowest BCUT2D eigenvalue weighted by atomic mass is 10.1. The average Bonchev–Trinajstić information content (AvgIpc) is 2.11. The fourth-order valence-corrected chi connectivity index (χ4v) is 0.871. The second-order valence-electron chi connectivity index (χ2n) is 3.45. The van der Waals surface area contributed by atoms with E-state index in [2.05, 4.69) is 0 Å². The minimum Gasteiger partial charge on any atom is -0.611 e. The van der Waals surface area contributed by atoms with Crippen molar-refractivity contribution < 1.29 is 14.1 Å². The number of carbonyl (C=O) groups is 1. The van der Waals surface area contributed by atoms with E-state index in [1.165, 1.54) is 17.0 Å². The van der Waals surface area contributed by atoms with Crippen molar-refractivity contribution in [1.29, 1.82) is 0 Å². The van der Waals surface area contributed by atoms with Crippen molar-refractivity contribution in [2.24, 2.45) is 0 Å². The maximum absolute atomic E-state index is 11.0. The van der Waals surface area contributed by atoms with Crippen LogP contribution in [0.4, 0.5) is 4.79 Å². The molecule has 1 aliphatic rings. The van der Waals surface area contributed by atoms with Crippen molar-refractivity contribution >= 4 is 18.5 Å². The third-order valence-electron chi connectivity index (χ3n) is 1.47. The van der Waals surface area contributed by atoms with Crippen molar-refractivity contribution in [3.63, 3.8) is 0 Å². The first kappa shape index (κ1) is 7.91. The van der Waals surface area contributed by atoms with Gasteiger partial charge < -0.3 is 5.21 Å². The molecule has 0 saturated heterocycles. The molecule has 1 heterocycles. The molecule has 0 saturated carbocycles. The lowest BCUT2D eigenvalue weighted by molar-refractivity contribution is -0.571. The number of urea groups is 1. The maximum Gasteiger partial charge on any atom is 0.684 e. The summed E-state index contributed by atoms with van der Waals surface area (Å²) >= 11 is 0. The van der Waals surface area contributed by atoms with E-state index < -0.39 is 6.03 Å². The summed E-state index contributed by atoms with van der Waals surface area (Å²) in [5.41, 5.74) is -0.313. The highest BCUT2D eigenvalue weighted by Gasteiger charge is 2.41. The van der Waals surface area contributed by atoms with Crippen molar-refractivity contribution in [3.8, 4) is 0 Å². The quantitative estimate of drug-likeness (QED) is 0.379. The Morgan fingerprint density at radius 2 is 1.91 bits per heavy atom. The van der Waals surface area contributed by atoms with E-state index in [1.807, 2.05) is 20.8 Å².